The van der Waals surface area contributed by atoms with Gasteiger partial charge in [0.05, 0.1) is 10.5 Å². The van der Waals surface area contributed by atoms with Gasteiger partial charge in [0.1, 0.15) is 0 Å². The number of carboxylic acid groups (broad SMARTS) is 1. The average molecular weight is 291 g/mol. The van der Waals surface area contributed by atoms with Crippen molar-refractivity contribution in [2.24, 2.45) is 0 Å². The summed E-state index contributed by atoms with van der Waals surface area (Å²) < 4.78 is 23.8. The summed E-state index contributed by atoms with van der Waals surface area (Å²) in [5.74, 6) is -1.15. The van der Waals surface area contributed by atoms with Crippen LogP contribution in [0.25, 0.3) is 11.1 Å². The Labute approximate surface area is 116 Å². The molecule has 6 heteroatoms. The average Bonchev–Trinajstić information content (AvgIpc) is 2.37. The third-order valence-corrected chi connectivity index (χ3v) is 4.07. The summed E-state index contributed by atoms with van der Waals surface area (Å²) in [7, 11) is -3.55. The quantitative estimate of drug-likeness (QED) is 0.936. The van der Waals surface area contributed by atoms with E-state index in [-0.39, 0.29) is 10.5 Å². The monoisotopic (exact) mass is 291 g/mol. The lowest BCUT2D eigenvalue weighted by atomic mass is 10.0. The molecular weight excluding hydrogens is 278 g/mol. The molecule has 2 rings (SSSR count). The van der Waals surface area contributed by atoms with E-state index in [9.17, 15) is 13.2 Å². The molecule has 0 aliphatic rings. The van der Waals surface area contributed by atoms with Crippen LogP contribution in [0.15, 0.2) is 41.6 Å². The van der Waals surface area contributed by atoms with Crippen molar-refractivity contribution in [2.45, 2.75) is 11.8 Å². The molecule has 1 aromatic carbocycles. The van der Waals surface area contributed by atoms with Crippen LogP contribution in [0.2, 0.25) is 0 Å². The van der Waals surface area contributed by atoms with Gasteiger partial charge < -0.3 is 5.11 Å². The molecule has 0 aliphatic carbocycles. The second-order valence-electron chi connectivity index (χ2n) is 4.48. The van der Waals surface area contributed by atoms with Crippen LogP contribution in [0.3, 0.4) is 0 Å². The molecule has 1 aromatic heterocycles. The van der Waals surface area contributed by atoms with Gasteiger partial charge in [-0.2, -0.15) is 0 Å². The fraction of sp³-hybridized carbons (Fsp3) is 0.143. The normalized spacial score (nSPS) is 11.3. The van der Waals surface area contributed by atoms with E-state index in [0.717, 1.165) is 6.26 Å². The highest BCUT2D eigenvalue weighted by Gasteiger charge is 2.19. The Morgan fingerprint density at radius 1 is 1.30 bits per heavy atom. The second-order valence-corrected chi connectivity index (χ2v) is 6.47. The molecule has 20 heavy (non-hydrogen) atoms. The fourth-order valence-electron chi connectivity index (χ4n) is 1.97. The minimum absolute atomic E-state index is 0.00602. The number of aromatic carboxylic acids is 1. The topological polar surface area (TPSA) is 84.3 Å². The van der Waals surface area contributed by atoms with E-state index in [1.165, 1.54) is 6.07 Å². The van der Waals surface area contributed by atoms with Gasteiger partial charge in [-0.1, -0.05) is 6.07 Å². The van der Waals surface area contributed by atoms with Crippen LogP contribution in [0.1, 0.15) is 15.9 Å². The Balaban J connectivity index is 2.81. The first-order valence-electron chi connectivity index (χ1n) is 5.79. The Bertz CT molecular complexity index is 767. The van der Waals surface area contributed by atoms with Gasteiger partial charge in [0.2, 0.25) is 0 Å². The molecule has 0 spiro atoms. The van der Waals surface area contributed by atoms with Crippen molar-refractivity contribution in [1.29, 1.82) is 0 Å². The smallest absolute Gasteiger partial charge is 0.335 e. The Hall–Kier alpha value is -2.21. The van der Waals surface area contributed by atoms with E-state index >= 15 is 0 Å². The Morgan fingerprint density at radius 3 is 2.50 bits per heavy atom. The predicted molar refractivity (Wildman–Crippen MR) is 74.5 cm³/mol. The highest BCUT2D eigenvalue weighted by Crippen LogP contribution is 2.30. The molecule has 0 unspecified atom stereocenters. The van der Waals surface area contributed by atoms with Crippen LogP contribution < -0.4 is 0 Å². The first-order valence-corrected chi connectivity index (χ1v) is 7.68. The standard InChI is InChI=1S/C14H13NO4S/c1-9-6-12(10-4-3-5-15-8-10)13(20(2,18)19)7-11(9)14(16)17/h3-8H,1-2H3,(H,16,17). The van der Waals surface area contributed by atoms with E-state index in [4.69, 9.17) is 5.11 Å². The number of nitrogens with zero attached hydrogens (tertiary/aromatic N) is 1. The zero-order valence-corrected chi connectivity index (χ0v) is 11.8. The lowest BCUT2D eigenvalue weighted by Gasteiger charge is -2.11. The van der Waals surface area contributed by atoms with Crippen LogP contribution >= 0.6 is 0 Å². The Morgan fingerprint density at radius 2 is 2.00 bits per heavy atom. The summed E-state index contributed by atoms with van der Waals surface area (Å²) in [5.41, 5.74) is 1.58. The van der Waals surface area contributed by atoms with Gasteiger partial charge in [0.25, 0.3) is 0 Å². The molecule has 2 aromatic rings. The van der Waals surface area contributed by atoms with Crippen molar-refractivity contribution in [3.05, 3.63) is 47.8 Å². The molecule has 0 aliphatic heterocycles. The van der Waals surface area contributed by atoms with E-state index in [2.05, 4.69) is 4.98 Å². The number of pyridine rings is 1. The summed E-state index contributed by atoms with van der Waals surface area (Å²) >= 11 is 0. The molecule has 0 saturated carbocycles. The van der Waals surface area contributed by atoms with Gasteiger partial charge in [-0.15, -0.1) is 0 Å². The van der Waals surface area contributed by atoms with Crippen molar-refractivity contribution >= 4 is 15.8 Å². The zero-order valence-electron chi connectivity index (χ0n) is 11.0. The largest absolute Gasteiger partial charge is 0.478 e. The van der Waals surface area contributed by atoms with Crippen LogP contribution in [-0.4, -0.2) is 30.7 Å². The van der Waals surface area contributed by atoms with E-state index in [1.54, 1.807) is 37.5 Å². The predicted octanol–water partition coefficient (Wildman–Crippen LogP) is 2.16. The molecule has 0 amide bonds. The molecule has 0 fully saturated rings. The lowest BCUT2D eigenvalue weighted by Crippen LogP contribution is -2.06. The Kier molecular flexibility index (Phi) is 3.59. The van der Waals surface area contributed by atoms with Crippen molar-refractivity contribution in [3.63, 3.8) is 0 Å². The van der Waals surface area contributed by atoms with Gasteiger partial charge in [0.15, 0.2) is 9.84 Å². The minimum Gasteiger partial charge on any atom is -0.478 e. The maximum atomic E-state index is 11.9. The number of benzene rings is 1. The van der Waals surface area contributed by atoms with Crippen LogP contribution in [0.5, 0.6) is 0 Å². The number of carboxylic acids is 1. The van der Waals surface area contributed by atoms with Crippen molar-refractivity contribution in [1.82, 2.24) is 4.98 Å². The number of rotatable bonds is 3. The summed E-state index contributed by atoms with van der Waals surface area (Å²) in [6.45, 7) is 1.63. The molecule has 5 nitrogen and oxygen atoms in total. The molecule has 0 atom stereocenters. The number of aryl methyl sites for hydroxylation is 1. The third kappa shape index (κ3) is 2.70. The summed E-state index contributed by atoms with van der Waals surface area (Å²) in [6.07, 6.45) is 4.19. The zero-order chi connectivity index (χ0) is 14.9. The van der Waals surface area contributed by atoms with Crippen LogP contribution in [0, 0.1) is 6.92 Å². The number of hydrogen-bond acceptors (Lipinski definition) is 4. The molecule has 0 saturated heterocycles. The number of carbonyl (C=O) groups is 1. The van der Waals surface area contributed by atoms with E-state index in [0.29, 0.717) is 16.7 Å². The molecule has 0 bridgehead atoms. The highest BCUT2D eigenvalue weighted by molar-refractivity contribution is 7.90. The third-order valence-electron chi connectivity index (χ3n) is 2.93. The van der Waals surface area contributed by atoms with Gasteiger partial charge in [-0.25, -0.2) is 13.2 Å². The van der Waals surface area contributed by atoms with Gasteiger partial charge in [-0.05, 0) is 30.7 Å². The first-order chi connectivity index (χ1) is 9.30. The lowest BCUT2D eigenvalue weighted by molar-refractivity contribution is 0.0696. The van der Waals surface area contributed by atoms with Gasteiger partial charge >= 0.3 is 5.97 Å². The molecule has 0 radical (unpaired) electrons. The molecule has 1 N–H and O–H groups in total. The van der Waals surface area contributed by atoms with Gasteiger partial charge in [0, 0.05) is 29.8 Å². The number of aromatic nitrogens is 1. The van der Waals surface area contributed by atoms with E-state index < -0.39 is 15.8 Å². The summed E-state index contributed by atoms with van der Waals surface area (Å²) in [6, 6.07) is 6.20. The van der Waals surface area contributed by atoms with Crippen LogP contribution in [-0.2, 0) is 9.84 Å². The summed E-state index contributed by atoms with van der Waals surface area (Å²) in [5, 5.41) is 9.11. The fourth-order valence-corrected chi connectivity index (χ4v) is 2.88. The van der Waals surface area contributed by atoms with Gasteiger partial charge in [-0.3, -0.25) is 4.98 Å². The minimum atomic E-state index is -3.55. The van der Waals surface area contributed by atoms with Crippen molar-refractivity contribution < 1.29 is 18.3 Å². The number of hydrogen-bond donors (Lipinski definition) is 1. The molecule has 1 heterocycles. The maximum Gasteiger partial charge on any atom is 0.335 e. The number of sulfone groups is 1. The van der Waals surface area contributed by atoms with Crippen molar-refractivity contribution in [2.75, 3.05) is 6.26 Å². The second kappa shape index (κ2) is 5.05. The first kappa shape index (κ1) is 14.2. The van der Waals surface area contributed by atoms with E-state index in [1.807, 2.05) is 0 Å². The van der Waals surface area contributed by atoms with Crippen LogP contribution in [0.4, 0.5) is 0 Å². The molecule has 104 valence electrons. The van der Waals surface area contributed by atoms with Crippen molar-refractivity contribution in [3.8, 4) is 11.1 Å². The SMILES string of the molecule is Cc1cc(-c2cccnc2)c(S(C)(=O)=O)cc1C(=O)O. The maximum absolute atomic E-state index is 11.9. The highest BCUT2D eigenvalue weighted by atomic mass is 32.2. The summed E-state index contributed by atoms with van der Waals surface area (Å²) in [4.78, 5) is 15.1. The molecular formula is C14H13NO4S.